The van der Waals surface area contributed by atoms with Crippen molar-refractivity contribution in [3.05, 3.63) is 24.3 Å². The lowest BCUT2D eigenvalue weighted by atomic mass is 10.0. The summed E-state index contributed by atoms with van der Waals surface area (Å²) < 4.78 is 23.4. The molecular formula is C57H113N2O6P. The Morgan fingerprint density at radius 1 is 0.530 bits per heavy atom. The van der Waals surface area contributed by atoms with Gasteiger partial charge in [0.05, 0.1) is 39.9 Å². The van der Waals surface area contributed by atoms with Crippen LogP contribution in [0.25, 0.3) is 0 Å². The Balaban J connectivity index is 4.13. The fourth-order valence-corrected chi connectivity index (χ4v) is 9.38. The summed E-state index contributed by atoms with van der Waals surface area (Å²) in [5.74, 6) is -0.163. The number of hydrogen-bond donors (Lipinski definition) is 2. The lowest BCUT2D eigenvalue weighted by Gasteiger charge is -2.30. The zero-order valence-corrected chi connectivity index (χ0v) is 45.6. The first-order chi connectivity index (χ1) is 32.0. The molecule has 0 aliphatic rings. The highest BCUT2D eigenvalue weighted by molar-refractivity contribution is 7.45. The summed E-state index contributed by atoms with van der Waals surface area (Å²) >= 11 is 0. The Morgan fingerprint density at radius 3 is 1.26 bits per heavy atom. The molecule has 2 N–H and O–H groups in total. The number of carbonyl (C=O) groups is 1. The fraction of sp³-hybridized carbons (Fsp3) is 0.912. The van der Waals surface area contributed by atoms with Gasteiger partial charge >= 0.3 is 0 Å². The van der Waals surface area contributed by atoms with Crippen LogP contribution in [0.5, 0.6) is 0 Å². The molecule has 0 radical (unpaired) electrons. The summed E-state index contributed by atoms with van der Waals surface area (Å²) in [5, 5.41) is 14.0. The molecule has 8 nitrogen and oxygen atoms in total. The monoisotopic (exact) mass is 953 g/mol. The molecule has 0 fully saturated rings. The van der Waals surface area contributed by atoms with E-state index < -0.39 is 20.0 Å². The number of amides is 1. The van der Waals surface area contributed by atoms with E-state index in [1.807, 2.05) is 21.1 Å². The number of hydrogen-bond acceptors (Lipinski definition) is 6. The molecule has 0 saturated carbocycles. The van der Waals surface area contributed by atoms with Crippen molar-refractivity contribution in [2.75, 3.05) is 40.9 Å². The van der Waals surface area contributed by atoms with Gasteiger partial charge in [0.25, 0.3) is 7.82 Å². The molecule has 3 unspecified atom stereocenters. The van der Waals surface area contributed by atoms with E-state index in [4.69, 9.17) is 9.05 Å². The fourth-order valence-electron chi connectivity index (χ4n) is 8.66. The van der Waals surface area contributed by atoms with Crippen LogP contribution in [0.2, 0.25) is 0 Å². The molecule has 0 bridgehead atoms. The number of nitrogens with zero attached hydrogens (tertiary/aromatic N) is 1. The Bertz CT molecular complexity index is 1130. The molecule has 392 valence electrons. The molecule has 0 aromatic heterocycles. The third kappa shape index (κ3) is 50.8. The van der Waals surface area contributed by atoms with Gasteiger partial charge in [0, 0.05) is 6.42 Å². The molecule has 0 heterocycles. The minimum absolute atomic E-state index is 0.0131. The summed E-state index contributed by atoms with van der Waals surface area (Å²) in [7, 11) is 1.31. The largest absolute Gasteiger partial charge is 0.756 e. The highest BCUT2D eigenvalue weighted by Crippen LogP contribution is 2.38. The molecule has 0 aliphatic carbocycles. The molecule has 1 amide bonds. The molecule has 0 spiro atoms. The second-order valence-electron chi connectivity index (χ2n) is 21.0. The number of quaternary nitrogens is 1. The maximum atomic E-state index is 13.0. The molecule has 0 aromatic carbocycles. The highest BCUT2D eigenvalue weighted by Gasteiger charge is 2.24. The van der Waals surface area contributed by atoms with E-state index in [1.54, 1.807) is 0 Å². The molecule has 3 atom stereocenters. The normalized spacial score (nSPS) is 14.1. The average Bonchev–Trinajstić information content (AvgIpc) is 3.28. The third-order valence-electron chi connectivity index (χ3n) is 13.2. The summed E-state index contributed by atoms with van der Waals surface area (Å²) in [6.45, 7) is 4.75. The van der Waals surface area contributed by atoms with Gasteiger partial charge in [0.15, 0.2) is 0 Å². The molecule has 66 heavy (non-hydrogen) atoms. The van der Waals surface area contributed by atoms with Crippen molar-refractivity contribution in [3.63, 3.8) is 0 Å². The van der Waals surface area contributed by atoms with Crippen LogP contribution in [0.4, 0.5) is 0 Å². The maximum Gasteiger partial charge on any atom is 0.268 e. The van der Waals surface area contributed by atoms with Crippen LogP contribution >= 0.6 is 7.82 Å². The topological polar surface area (TPSA) is 108 Å². The molecule has 9 heteroatoms. The van der Waals surface area contributed by atoms with Gasteiger partial charge in [-0.15, -0.1) is 0 Å². The van der Waals surface area contributed by atoms with Gasteiger partial charge in [0.2, 0.25) is 5.91 Å². The molecule has 0 aromatic rings. The Morgan fingerprint density at radius 2 is 0.879 bits per heavy atom. The number of aliphatic hydroxyl groups excluding tert-OH is 1. The number of rotatable bonds is 53. The van der Waals surface area contributed by atoms with Gasteiger partial charge < -0.3 is 28.8 Å². The quantitative estimate of drug-likeness (QED) is 0.0272. The van der Waals surface area contributed by atoms with E-state index >= 15 is 0 Å². The van der Waals surface area contributed by atoms with Gasteiger partial charge in [-0.2, -0.15) is 0 Å². The van der Waals surface area contributed by atoms with Crippen molar-refractivity contribution in [3.8, 4) is 0 Å². The zero-order chi connectivity index (χ0) is 48.5. The Labute approximate surface area is 411 Å². The van der Waals surface area contributed by atoms with Crippen LogP contribution in [0.15, 0.2) is 24.3 Å². The second-order valence-corrected chi connectivity index (χ2v) is 22.4. The van der Waals surface area contributed by atoms with Crippen molar-refractivity contribution in [2.45, 2.75) is 296 Å². The predicted octanol–water partition coefficient (Wildman–Crippen LogP) is 16.6. The molecule has 0 rings (SSSR count). The lowest BCUT2D eigenvalue weighted by Crippen LogP contribution is -2.46. The van der Waals surface area contributed by atoms with E-state index in [1.165, 1.54) is 212 Å². The average molecular weight is 954 g/mol. The van der Waals surface area contributed by atoms with Crippen LogP contribution < -0.4 is 10.2 Å². The third-order valence-corrected chi connectivity index (χ3v) is 14.2. The minimum atomic E-state index is -4.57. The van der Waals surface area contributed by atoms with Crippen molar-refractivity contribution in [1.29, 1.82) is 0 Å². The van der Waals surface area contributed by atoms with Gasteiger partial charge in [0.1, 0.15) is 13.2 Å². The van der Waals surface area contributed by atoms with Crippen LogP contribution in [0.3, 0.4) is 0 Å². The maximum absolute atomic E-state index is 13.0. The van der Waals surface area contributed by atoms with E-state index in [0.717, 1.165) is 44.9 Å². The predicted molar refractivity (Wildman–Crippen MR) is 284 cm³/mol. The van der Waals surface area contributed by atoms with Crippen molar-refractivity contribution in [1.82, 2.24) is 5.32 Å². The zero-order valence-electron chi connectivity index (χ0n) is 44.7. The number of phosphoric acid groups is 1. The van der Waals surface area contributed by atoms with E-state index in [2.05, 4.69) is 43.5 Å². The first kappa shape index (κ1) is 65.0. The van der Waals surface area contributed by atoms with Gasteiger partial charge in [-0.25, -0.2) is 0 Å². The van der Waals surface area contributed by atoms with E-state index in [-0.39, 0.29) is 19.1 Å². The summed E-state index contributed by atoms with van der Waals surface area (Å²) in [6, 6.07) is -0.800. The number of allylic oxidation sites excluding steroid dienone is 4. The van der Waals surface area contributed by atoms with Crippen LogP contribution in [0.1, 0.15) is 284 Å². The van der Waals surface area contributed by atoms with Crippen LogP contribution in [0, 0.1) is 0 Å². The number of likely N-dealkylation sites (N-methyl/N-ethyl adjacent to an activating group) is 1. The van der Waals surface area contributed by atoms with Gasteiger partial charge in [-0.3, -0.25) is 9.36 Å². The summed E-state index contributed by atoms with van der Waals surface area (Å²) in [4.78, 5) is 25.5. The standard InChI is InChI=1S/C57H113N2O6P/c1-6-8-10-12-14-16-18-20-22-24-25-26-27-28-29-30-31-32-33-35-37-39-41-43-45-47-49-51-57(61)58-55(54-65-66(62,63)64-53-52-59(3,4)5)56(60)50-48-46-44-42-40-38-36-34-23-21-19-17-15-13-11-9-7-2/h25-26,28-29,55-56,60H,6-24,27,30-54H2,1-5H3,(H-,58,61,62,63)/b26-25-,29-28-. The Hall–Kier alpha value is -1.02. The van der Waals surface area contributed by atoms with Gasteiger partial charge in [-0.1, -0.05) is 256 Å². The molecule has 0 saturated heterocycles. The molecule has 0 aliphatic heterocycles. The first-order valence-electron chi connectivity index (χ1n) is 28.7. The number of nitrogens with one attached hydrogen (secondary N) is 1. The smallest absolute Gasteiger partial charge is 0.268 e. The van der Waals surface area contributed by atoms with E-state index in [9.17, 15) is 19.4 Å². The number of aliphatic hydroxyl groups is 1. The summed E-state index contributed by atoms with van der Waals surface area (Å²) in [6.07, 6.45) is 60.6. The highest BCUT2D eigenvalue weighted by atomic mass is 31.2. The SMILES string of the molecule is CCCCCCCCCCC/C=C\C/C=C\CCCCCCCCCCCCCC(=O)NC(COP(=O)([O-])OCC[N+](C)(C)C)C(O)CCCCCCCCCCCCCCCCCCC. The number of carbonyl (C=O) groups excluding carboxylic acids is 1. The molecular weight excluding hydrogens is 840 g/mol. The number of phosphoric ester groups is 1. The lowest BCUT2D eigenvalue weighted by molar-refractivity contribution is -0.870. The van der Waals surface area contributed by atoms with Crippen LogP contribution in [-0.4, -0.2) is 68.5 Å². The second kappa shape index (κ2) is 49.0. The van der Waals surface area contributed by atoms with Crippen molar-refractivity contribution >= 4 is 13.7 Å². The number of unbranched alkanes of at least 4 members (excludes halogenated alkanes) is 36. The summed E-state index contributed by atoms with van der Waals surface area (Å²) in [5.41, 5.74) is 0. The first-order valence-corrected chi connectivity index (χ1v) is 30.1. The Kier molecular flexibility index (Phi) is 48.2. The van der Waals surface area contributed by atoms with Gasteiger partial charge in [-0.05, 0) is 44.9 Å². The van der Waals surface area contributed by atoms with E-state index in [0.29, 0.717) is 23.9 Å². The van der Waals surface area contributed by atoms with Crippen molar-refractivity contribution in [2.24, 2.45) is 0 Å². The minimum Gasteiger partial charge on any atom is -0.756 e. The van der Waals surface area contributed by atoms with Crippen LogP contribution in [-0.2, 0) is 18.4 Å². The van der Waals surface area contributed by atoms with Crippen molar-refractivity contribution < 1.29 is 32.9 Å².